The van der Waals surface area contributed by atoms with Crippen LogP contribution in [0.15, 0.2) is 60.7 Å². The Morgan fingerprint density at radius 3 is 2.33 bits per heavy atom. The predicted molar refractivity (Wildman–Crippen MR) is 133 cm³/mol. The van der Waals surface area contributed by atoms with Crippen LogP contribution in [0, 0.1) is 6.92 Å². The van der Waals surface area contributed by atoms with E-state index >= 15 is 0 Å². The van der Waals surface area contributed by atoms with Crippen LogP contribution in [0.1, 0.15) is 35.4 Å². The summed E-state index contributed by atoms with van der Waals surface area (Å²) in [4.78, 5) is 9.46. The van der Waals surface area contributed by atoms with Crippen LogP contribution in [0.25, 0.3) is 16.8 Å². The molecule has 0 amide bonds. The van der Waals surface area contributed by atoms with Gasteiger partial charge in [-0.25, -0.2) is 4.98 Å². The van der Waals surface area contributed by atoms with Crippen molar-refractivity contribution in [3.05, 3.63) is 83.2 Å². The summed E-state index contributed by atoms with van der Waals surface area (Å²) in [7, 11) is 0. The summed E-state index contributed by atoms with van der Waals surface area (Å²) in [5.74, 6) is 1.30. The van der Waals surface area contributed by atoms with E-state index in [0.717, 1.165) is 56.9 Å². The molecule has 0 radical (unpaired) electrons. The van der Waals surface area contributed by atoms with Gasteiger partial charge in [-0.3, -0.25) is 0 Å². The van der Waals surface area contributed by atoms with E-state index in [-0.39, 0.29) is 0 Å². The Bertz CT molecular complexity index is 1250. The molecule has 5 heteroatoms. The van der Waals surface area contributed by atoms with Gasteiger partial charge in [0, 0.05) is 22.4 Å². The molecule has 1 saturated heterocycles. The quantitative estimate of drug-likeness (QED) is 0.530. The van der Waals surface area contributed by atoms with Crippen molar-refractivity contribution in [3.63, 3.8) is 0 Å². The Hall–Kier alpha value is -3.18. The van der Waals surface area contributed by atoms with Gasteiger partial charge in [0.15, 0.2) is 5.65 Å². The van der Waals surface area contributed by atoms with Gasteiger partial charge in [0.2, 0.25) is 0 Å². The van der Waals surface area contributed by atoms with Gasteiger partial charge in [-0.2, -0.15) is 9.61 Å². The zero-order valence-electron chi connectivity index (χ0n) is 19.4. The molecule has 1 N–H and O–H groups in total. The number of rotatable bonds is 4. The van der Waals surface area contributed by atoms with Crippen molar-refractivity contribution >= 4 is 11.5 Å². The normalized spacial score (nSPS) is 16.8. The fourth-order valence-electron chi connectivity index (χ4n) is 5.64. The zero-order valence-corrected chi connectivity index (χ0v) is 19.4. The standard InChI is InChI=1S/C28H31N5/c1-21-26(23-12-6-3-7-13-23)27-29-25-15-9-8-14-24(25)28(33(27)30-21)32-18-16-31(17-19-32)20-22-10-4-2-5-11-22/h2-7,10-13H,8-9,14-20H2,1H3/p+1. The van der Waals surface area contributed by atoms with Gasteiger partial charge in [0.1, 0.15) is 12.4 Å². The number of quaternary nitrogens is 1. The number of benzene rings is 2. The van der Waals surface area contributed by atoms with Crippen LogP contribution in [0.2, 0.25) is 0 Å². The van der Waals surface area contributed by atoms with Crippen molar-refractivity contribution in [3.8, 4) is 11.1 Å². The first-order valence-electron chi connectivity index (χ1n) is 12.4. The van der Waals surface area contributed by atoms with E-state index in [0.29, 0.717) is 0 Å². The molecule has 0 atom stereocenters. The maximum absolute atomic E-state index is 5.21. The molecule has 5 nitrogen and oxygen atoms in total. The van der Waals surface area contributed by atoms with E-state index in [1.807, 2.05) is 0 Å². The fraction of sp³-hybridized carbons (Fsp3) is 0.357. The SMILES string of the molecule is Cc1nn2c(N3CC[NH+](Cc4ccccc4)CC3)c3c(nc2c1-c1ccccc1)CCCC3. The molecule has 4 aromatic rings. The Morgan fingerprint density at radius 2 is 1.58 bits per heavy atom. The number of nitrogens with one attached hydrogen (secondary N) is 1. The van der Waals surface area contributed by atoms with E-state index in [1.165, 1.54) is 46.6 Å². The molecule has 2 aliphatic rings. The molecule has 3 heterocycles. The van der Waals surface area contributed by atoms with Crippen LogP contribution in [0.5, 0.6) is 0 Å². The van der Waals surface area contributed by atoms with E-state index in [9.17, 15) is 0 Å². The number of anilines is 1. The van der Waals surface area contributed by atoms with Crippen LogP contribution in [0.3, 0.4) is 0 Å². The van der Waals surface area contributed by atoms with Crippen LogP contribution in [0.4, 0.5) is 5.82 Å². The zero-order chi connectivity index (χ0) is 22.2. The summed E-state index contributed by atoms with van der Waals surface area (Å²) >= 11 is 0. The molecular weight excluding hydrogens is 406 g/mol. The number of hydrogen-bond acceptors (Lipinski definition) is 3. The van der Waals surface area contributed by atoms with Gasteiger partial charge < -0.3 is 9.80 Å². The summed E-state index contributed by atoms with van der Waals surface area (Å²) in [5, 5.41) is 5.07. The molecule has 168 valence electrons. The number of fused-ring (bicyclic) bond motifs is 2. The molecule has 2 aromatic carbocycles. The second-order valence-corrected chi connectivity index (χ2v) is 9.53. The molecule has 0 spiro atoms. The summed E-state index contributed by atoms with van der Waals surface area (Å²) in [6.45, 7) is 7.67. The molecule has 1 aliphatic heterocycles. The molecule has 0 unspecified atom stereocenters. The summed E-state index contributed by atoms with van der Waals surface area (Å²) in [6.07, 6.45) is 4.68. The Morgan fingerprint density at radius 1 is 0.879 bits per heavy atom. The summed E-state index contributed by atoms with van der Waals surface area (Å²) in [5.41, 5.74) is 8.62. The topological polar surface area (TPSA) is 37.9 Å². The minimum absolute atomic E-state index is 1.02. The van der Waals surface area contributed by atoms with Crippen molar-refractivity contribution in [2.75, 3.05) is 31.1 Å². The third kappa shape index (κ3) is 3.80. The third-order valence-corrected chi connectivity index (χ3v) is 7.32. The monoisotopic (exact) mass is 438 g/mol. The number of piperazine rings is 1. The summed E-state index contributed by atoms with van der Waals surface area (Å²) < 4.78 is 2.17. The van der Waals surface area contributed by atoms with Gasteiger partial charge in [0.05, 0.1) is 31.9 Å². The van der Waals surface area contributed by atoms with Gasteiger partial charge in [-0.1, -0.05) is 60.7 Å². The average molecular weight is 439 g/mol. The Labute approximate surface area is 195 Å². The lowest BCUT2D eigenvalue weighted by Crippen LogP contribution is -3.13. The third-order valence-electron chi connectivity index (χ3n) is 7.32. The van der Waals surface area contributed by atoms with Crippen molar-refractivity contribution in [1.29, 1.82) is 0 Å². The van der Waals surface area contributed by atoms with E-state index < -0.39 is 0 Å². The highest BCUT2D eigenvalue weighted by Gasteiger charge is 2.29. The highest BCUT2D eigenvalue weighted by Crippen LogP contribution is 2.35. The number of aromatic nitrogens is 3. The largest absolute Gasteiger partial charge is 0.345 e. The second-order valence-electron chi connectivity index (χ2n) is 9.53. The second kappa shape index (κ2) is 8.64. The van der Waals surface area contributed by atoms with Crippen LogP contribution >= 0.6 is 0 Å². The van der Waals surface area contributed by atoms with Crippen LogP contribution in [-0.2, 0) is 19.4 Å². The smallest absolute Gasteiger partial charge is 0.165 e. The lowest BCUT2D eigenvalue weighted by atomic mass is 9.95. The van der Waals surface area contributed by atoms with Crippen LogP contribution in [-0.4, -0.2) is 40.8 Å². The minimum atomic E-state index is 1.02. The lowest BCUT2D eigenvalue weighted by molar-refractivity contribution is -0.914. The predicted octanol–water partition coefficient (Wildman–Crippen LogP) is 3.49. The molecule has 0 bridgehead atoms. The first kappa shape index (κ1) is 20.4. The van der Waals surface area contributed by atoms with E-state index in [1.54, 1.807) is 4.90 Å². The number of hydrogen-bond donors (Lipinski definition) is 1. The molecule has 2 aromatic heterocycles. The summed E-state index contributed by atoms with van der Waals surface area (Å²) in [6, 6.07) is 21.5. The lowest BCUT2D eigenvalue weighted by Gasteiger charge is -2.35. The van der Waals surface area contributed by atoms with Gasteiger partial charge in [-0.05, 0) is 38.2 Å². The van der Waals surface area contributed by atoms with Crippen molar-refractivity contribution in [1.82, 2.24) is 14.6 Å². The molecule has 1 aliphatic carbocycles. The number of nitrogens with zero attached hydrogens (tertiary/aromatic N) is 4. The first-order chi connectivity index (χ1) is 16.3. The average Bonchev–Trinajstić information content (AvgIpc) is 3.19. The maximum Gasteiger partial charge on any atom is 0.165 e. The van der Waals surface area contributed by atoms with Crippen molar-refractivity contribution in [2.24, 2.45) is 0 Å². The highest BCUT2D eigenvalue weighted by atomic mass is 15.4. The highest BCUT2D eigenvalue weighted by molar-refractivity contribution is 5.81. The van der Waals surface area contributed by atoms with E-state index in [4.69, 9.17) is 10.1 Å². The molecule has 33 heavy (non-hydrogen) atoms. The van der Waals surface area contributed by atoms with Crippen molar-refractivity contribution in [2.45, 2.75) is 39.2 Å². The van der Waals surface area contributed by atoms with Gasteiger partial charge in [0.25, 0.3) is 0 Å². The van der Waals surface area contributed by atoms with Crippen LogP contribution < -0.4 is 9.80 Å². The molecule has 0 saturated carbocycles. The minimum Gasteiger partial charge on any atom is -0.345 e. The fourth-order valence-corrected chi connectivity index (χ4v) is 5.64. The molecule has 6 rings (SSSR count). The molecule has 1 fully saturated rings. The van der Waals surface area contributed by atoms with Gasteiger partial charge >= 0.3 is 0 Å². The Balaban J connectivity index is 1.37. The first-order valence-corrected chi connectivity index (χ1v) is 12.4. The Kier molecular flexibility index (Phi) is 5.35. The van der Waals surface area contributed by atoms with Gasteiger partial charge in [-0.15, -0.1) is 0 Å². The number of aryl methyl sites for hydroxylation is 2. The molecular formula is C28H32N5+. The van der Waals surface area contributed by atoms with E-state index in [2.05, 4.69) is 77.0 Å². The van der Waals surface area contributed by atoms with Crippen molar-refractivity contribution < 1.29 is 4.90 Å². The maximum atomic E-state index is 5.21.